The molecule has 98 valence electrons. The fourth-order valence-electron chi connectivity index (χ4n) is 3.18. The Morgan fingerprint density at radius 2 is 1.65 bits per heavy atom. The van der Waals surface area contributed by atoms with Gasteiger partial charge in [0, 0.05) is 17.7 Å². The predicted molar refractivity (Wildman–Crippen MR) is 83.2 cm³/mol. The van der Waals surface area contributed by atoms with Crippen molar-refractivity contribution in [2.24, 2.45) is 0 Å². The number of fused-ring (bicyclic) bond motifs is 6. The SMILES string of the molecule is Cc1cc(C)c2c(c1)c1ccccc1c1nc(C)oc12. The van der Waals surface area contributed by atoms with E-state index in [9.17, 15) is 0 Å². The van der Waals surface area contributed by atoms with Gasteiger partial charge in [0.2, 0.25) is 0 Å². The van der Waals surface area contributed by atoms with Crippen molar-refractivity contribution < 1.29 is 4.42 Å². The third kappa shape index (κ3) is 1.42. The molecule has 1 heterocycles. The van der Waals surface area contributed by atoms with Gasteiger partial charge in [-0.05, 0) is 30.2 Å². The standard InChI is InChI=1S/C18H15NO/c1-10-8-11(2)16-15(9-10)13-6-4-5-7-14(13)17-18(16)20-12(3)19-17/h4-9H,1-3H3. The zero-order chi connectivity index (χ0) is 13.9. The van der Waals surface area contributed by atoms with Gasteiger partial charge in [0.15, 0.2) is 11.5 Å². The Morgan fingerprint density at radius 1 is 0.900 bits per heavy atom. The number of aryl methyl sites for hydroxylation is 3. The maximum Gasteiger partial charge on any atom is 0.192 e. The Hall–Kier alpha value is -2.35. The lowest BCUT2D eigenvalue weighted by Gasteiger charge is -2.09. The van der Waals surface area contributed by atoms with Crippen molar-refractivity contribution in [3.8, 4) is 0 Å². The Kier molecular flexibility index (Phi) is 2.19. The van der Waals surface area contributed by atoms with E-state index in [2.05, 4.69) is 55.2 Å². The van der Waals surface area contributed by atoms with Crippen LogP contribution in [0.2, 0.25) is 0 Å². The van der Waals surface area contributed by atoms with Crippen LogP contribution in [0.3, 0.4) is 0 Å². The van der Waals surface area contributed by atoms with Gasteiger partial charge >= 0.3 is 0 Å². The largest absolute Gasteiger partial charge is 0.440 e. The second-order valence-corrected chi connectivity index (χ2v) is 5.46. The summed E-state index contributed by atoms with van der Waals surface area (Å²) in [5.41, 5.74) is 4.40. The number of hydrogen-bond donors (Lipinski definition) is 0. The summed E-state index contributed by atoms with van der Waals surface area (Å²) in [6.45, 7) is 6.18. The molecule has 0 saturated carbocycles. The summed E-state index contributed by atoms with van der Waals surface area (Å²) in [6, 6.07) is 12.9. The van der Waals surface area contributed by atoms with Gasteiger partial charge in [-0.1, -0.05) is 42.0 Å². The summed E-state index contributed by atoms with van der Waals surface area (Å²) < 4.78 is 5.90. The van der Waals surface area contributed by atoms with E-state index < -0.39 is 0 Å². The summed E-state index contributed by atoms with van der Waals surface area (Å²) in [6.07, 6.45) is 0. The van der Waals surface area contributed by atoms with Gasteiger partial charge in [-0.3, -0.25) is 0 Å². The Morgan fingerprint density at radius 3 is 2.45 bits per heavy atom. The molecule has 3 aromatic carbocycles. The van der Waals surface area contributed by atoms with Crippen molar-refractivity contribution >= 4 is 32.6 Å². The molecular formula is C18H15NO. The lowest BCUT2D eigenvalue weighted by molar-refractivity contribution is 0.563. The van der Waals surface area contributed by atoms with Crippen LogP contribution in [0.5, 0.6) is 0 Å². The molecule has 4 rings (SSSR count). The molecule has 2 nitrogen and oxygen atoms in total. The summed E-state index contributed by atoms with van der Waals surface area (Å²) in [5, 5.41) is 4.85. The molecule has 0 aliphatic heterocycles. The molecule has 0 spiro atoms. The van der Waals surface area contributed by atoms with Crippen molar-refractivity contribution in [3.05, 3.63) is 53.4 Å². The van der Waals surface area contributed by atoms with Crippen LogP contribution >= 0.6 is 0 Å². The summed E-state index contributed by atoms with van der Waals surface area (Å²) in [5.74, 6) is 0.720. The van der Waals surface area contributed by atoms with Crippen LogP contribution in [-0.2, 0) is 0 Å². The Balaban J connectivity index is 2.45. The zero-order valence-electron chi connectivity index (χ0n) is 11.8. The lowest BCUT2D eigenvalue weighted by atomic mass is 9.96. The number of benzene rings is 3. The third-order valence-corrected chi connectivity index (χ3v) is 3.91. The van der Waals surface area contributed by atoms with Crippen LogP contribution in [0.4, 0.5) is 0 Å². The number of oxazole rings is 1. The molecule has 2 heteroatoms. The molecule has 0 N–H and O–H groups in total. The molecule has 0 radical (unpaired) electrons. The molecule has 20 heavy (non-hydrogen) atoms. The number of rotatable bonds is 0. The summed E-state index contributed by atoms with van der Waals surface area (Å²) in [4.78, 5) is 4.59. The van der Waals surface area contributed by atoms with Gasteiger partial charge in [-0.25, -0.2) is 4.98 Å². The monoisotopic (exact) mass is 261 g/mol. The molecule has 0 saturated heterocycles. The van der Waals surface area contributed by atoms with E-state index in [0.29, 0.717) is 0 Å². The van der Waals surface area contributed by atoms with Crippen molar-refractivity contribution in [2.45, 2.75) is 20.8 Å². The van der Waals surface area contributed by atoms with Gasteiger partial charge in [-0.2, -0.15) is 0 Å². The molecule has 0 unspecified atom stereocenters. The van der Waals surface area contributed by atoms with Crippen molar-refractivity contribution in [1.82, 2.24) is 4.98 Å². The highest BCUT2D eigenvalue weighted by Crippen LogP contribution is 2.37. The summed E-state index contributed by atoms with van der Waals surface area (Å²) >= 11 is 0. The van der Waals surface area contributed by atoms with Crippen LogP contribution < -0.4 is 0 Å². The van der Waals surface area contributed by atoms with E-state index in [4.69, 9.17) is 4.42 Å². The summed E-state index contributed by atoms with van der Waals surface area (Å²) in [7, 11) is 0. The number of hydrogen-bond acceptors (Lipinski definition) is 2. The third-order valence-electron chi connectivity index (χ3n) is 3.91. The van der Waals surface area contributed by atoms with Crippen molar-refractivity contribution in [3.63, 3.8) is 0 Å². The van der Waals surface area contributed by atoms with Gasteiger partial charge in [0.1, 0.15) is 5.52 Å². The normalized spacial score (nSPS) is 11.8. The number of aromatic nitrogens is 1. The van der Waals surface area contributed by atoms with E-state index in [1.807, 2.05) is 6.92 Å². The quantitative estimate of drug-likeness (QED) is 0.413. The predicted octanol–water partition coefficient (Wildman–Crippen LogP) is 5.06. The van der Waals surface area contributed by atoms with Gasteiger partial charge < -0.3 is 4.42 Å². The molecule has 0 bridgehead atoms. The smallest absolute Gasteiger partial charge is 0.192 e. The number of nitrogens with zero attached hydrogens (tertiary/aromatic N) is 1. The fraction of sp³-hybridized carbons (Fsp3) is 0.167. The minimum absolute atomic E-state index is 0.720. The van der Waals surface area contributed by atoms with Gasteiger partial charge in [-0.15, -0.1) is 0 Å². The van der Waals surface area contributed by atoms with E-state index in [1.54, 1.807) is 0 Å². The minimum Gasteiger partial charge on any atom is -0.440 e. The van der Waals surface area contributed by atoms with Crippen LogP contribution in [0.15, 0.2) is 40.8 Å². The zero-order valence-corrected chi connectivity index (χ0v) is 11.8. The minimum atomic E-state index is 0.720. The van der Waals surface area contributed by atoms with E-state index in [-0.39, 0.29) is 0 Å². The fourth-order valence-corrected chi connectivity index (χ4v) is 3.18. The molecule has 1 aromatic heterocycles. The average molecular weight is 261 g/mol. The van der Waals surface area contributed by atoms with E-state index in [1.165, 1.54) is 27.3 Å². The molecular weight excluding hydrogens is 246 g/mol. The van der Waals surface area contributed by atoms with Crippen molar-refractivity contribution in [1.29, 1.82) is 0 Å². The molecule has 0 fully saturated rings. The first-order chi connectivity index (χ1) is 9.65. The molecule has 0 aliphatic rings. The van der Waals surface area contributed by atoms with Crippen molar-refractivity contribution in [2.75, 3.05) is 0 Å². The van der Waals surface area contributed by atoms with Gasteiger partial charge in [0.25, 0.3) is 0 Å². The molecule has 0 atom stereocenters. The average Bonchev–Trinajstić information content (AvgIpc) is 2.80. The van der Waals surface area contributed by atoms with Gasteiger partial charge in [0.05, 0.1) is 0 Å². The Labute approximate surface area is 117 Å². The maximum atomic E-state index is 5.90. The molecule has 4 aromatic rings. The highest BCUT2D eigenvalue weighted by molar-refractivity contribution is 6.23. The molecule has 0 amide bonds. The first-order valence-corrected chi connectivity index (χ1v) is 6.84. The first kappa shape index (κ1) is 11.5. The highest BCUT2D eigenvalue weighted by atomic mass is 16.3. The lowest BCUT2D eigenvalue weighted by Crippen LogP contribution is -1.86. The molecule has 0 aliphatic carbocycles. The first-order valence-electron chi connectivity index (χ1n) is 6.84. The van der Waals surface area contributed by atoms with Crippen LogP contribution in [0.25, 0.3) is 32.6 Å². The topological polar surface area (TPSA) is 26.0 Å². The Bertz CT molecular complexity index is 979. The van der Waals surface area contributed by atoms with Crippen LogP contribution in [-0.4, -0.2) is 4.98 Å². The second kappa shape index (κ2) is 3.83. The second-order valence-electron chi connectivity index (χ2n) is 5.46. The van der Waals surface area contributed by atoms with E-state index in [0.717, 1.165) is 22.4 Å². The van der Waals surface area contributed by atoms with E-state index >= 15 is 0 Å². The van der Waals surface area contributed by atoms with Crippen LogP contribution in [0.1, 0.15) is 17.0 Å². The maximum absolute atomic E-state index is 5.90. The highest BCUT2D eigenvalue weighted by Gasteiger charge is 2.15. The van der Waals surface area contributed by atoms with Crippen LogP contribution in [0, 0.1) is 20.8 Å².